The van der Waals surface area contributed by atoms with E-state index < -0.39 is 0 Å². The molecule has 0 radical (unpaired) electrons. The quantitative estimate of drug-likeness (QED) is 0.718. The number of nitrogens with zero attached hydrogens (tertiary/aromatic N) is 2. The Kier molecular flexibility index (Phi) is 3.03. The number of ether oxygens (including phenoxy) is 1. The highest BCUT2D eigenvalue weighted by Gasteiger charge is 2.16. The zero-order chi connectivity index (χ0) is 9.90. The van der Waals surface area contributed by atoms with E-state index in [-0.39, 0.29) is 5.41 Å². The van der Waals surface area contributed by atoms with Crippen LogP contribution in [-0.4, -0.2) is 17.3 Å². The van der Waals surface area contributed by atoms with Crippen LogP contribution in [0.5, 0.6) is 0 Å². The lowest BCUT2D eigenvalue weighted by atomic mass is 9.92. The molecule has 4 nitrogen and oxygen atoms in total. The van der Waals surface area contributed by atoms with E-state index >= 15 is 0 Å². The van der Waals surface area contributed by atoms with Crippen LogP contribution in [0.25, 0.3) is 0 Å². The molecular formula is C9H16N2O2. The summed E-state index contributed by atoms with van der Waals surface area (Å²) >= 11 is 0. The van der Waals surface area contributed by atoms with Crippen LogP contribution in [0.15, 0.2) is 4.52 Å². The first-order valence-corrected chi connectivity index (χ1v) is 4.32. The van der Waals surface area contributed by atoms with Gasteiger partial charge in [-0.2, -0.15) is 4.98 Å². The number of hydrogen-bond acceptors (Lipinski definition) is 4. The van der Waals surface area contributed by atoms with Crippen molar-refractivity contribution >= 4 is 0 Å². The van der Waals surface area contributed by atoms with Gasteiger partial charge in [-0.25, -0.2) is 0 Å². The van der Waals surface area contributed by atoms with Crippen LogP contribution >= 0.6 is 0 Å². The number of aromatic nitrogens is 2. The van der Waals surface area contributed by atoms with E-state index in [1.807, 2.05) is 0 Å². The lowest BCUT2D eigenvalue weighted by molar-refractivity contribution is 0.174. The number of methoxy groups -OCH3 is 1. The van der Waals surface area contributed by atoms with Crippen molar-refractivity contribution in [1.29, 1.82) is 0 Å². The lowest BCUT2D eigenvalue weighted by Gasteiger charge is -2.13. The zero-order valence-electron chi connectivity index (χ0n) is 8.63. The van der Waals surface area contributed by atoms with Crippen molar-refractivity contribution in [3.63, 3.8) is 0 Å². The molecule has 1 heterocycles. The maximum absolute atomic E-state index is 5.05. The second kappa shape index (κ2) is 3.87. The highest BCUT2D eigenvalue weighted by molar-refractivity contribution is 4.87. The van der Waals surface area contributed by atoms with Crippen molar-refractivity contribution < 1.29 is 9.26 Å². The molecule has 13 heavy (non-hydrogen) atoms. The van der Waals surface area contributed by atoms with Crippen molar-refractivity contribution in [3.8, 4) is 0 Å². The van der Waals surface area contributed by atoms with Crippen LogP contribution in [0.3, 0.4) is 0 Å². The minimum absolute atomic E-state index is 0.177. The van der Waals surface area contributed by atoms with E-state index in [9.17, 15) is 0 Å². The van der Waals surface area contributed by atoms with Crippen LogP contribution < -0.4 is 0 Å². The lowest BCUT2D eigenvalue weighted by Crippen LogP contribution is -2.09. The Balaban J connectivity index is 2.59. The van der Waals surface area contributed by atoms with Gasteiger partial charge in [0.2, 0.25) is 5.89 Å². The maximum Gasteiger partial charge on any atom is 0.227 e. The molecule has 0 aliphatic heterocycles. The number of hydrogen-bond donors (Lipinski definition) is 0. The second-order valence-corrected chi connectivity index (χ2v) is 4.27. The Morgan fingerprint density at radius 2 is 2.08 bits per heavy atom. The molecule has 0 amide bonds. The van der Waals surface area contributed by atoms with E-state index in [1.165, 1.54) is 0 Å². The fourth-order valence-electron chi connectivity index (χ4n) is 1.00. The van der Waals surface area contributed by atoms with E-state index in [1.54, 1.807) is 7.11 Å². The molecule has 0 bridgehead atoms. The predicted molar refractivity (Wildman–Crippen MR) is 48.2 cm³/mol. The molecule has 0 aromatic carbocycles. The Morgan fingerprint density at radius 3 is 2.62 bits per heavy atom. The molecule has 0 fully saturated rings. The van der Waals surface area contributed by atoms with Gasteiger partial charge in [-0.15, -0.1) is 0 Å². The van der Waals surface area contributed by atoms with E-state index in [0.29, 0.717) is 18.3 Å². The summed E-state index contributed by atoms with van der Waals surface area (Å²) in [5.74, 6) is 1.29. The van der Waals surface area contributed by atoms with Crippen LogP contribution in [0.1, 0.15) is 32.5 Å². The highest BCUT2D eigenvalue weighted by Crippen LogP contribution is 2.19. The van der Waals surface area contributed by atoms with Crippen LogP contribution in [0.4, 0.5) is 0 Å². The van der Waals surface area contributed by atoms with Gasteiger partial charge in [0.25, 0.3) is 0 Å². The Bertz CT molecular complexity index is 263. The molecule has 0 N–H and O–H groups in total. The van der Waals surface area contributed by atoms with E-state index in [4.69, 9.17) is 9.26 Å². The van der Waals surface area contributed by atoms with Crippen molar-refractivity contribution in [2.45, 2.75) is 33.8 Å². The Labute approximate surface area is 78.3 Å². The summed E-state index contributed by atoms with van der Waals surface area (Å²) in [5, 5.41) is 3.78. The average Bonchev–Trinajstić information content (AvgIpc) is 2.33. The topological polar surface area (TPSA) is 48.2 Å². The summed E-state index contributed by atoms with van der Waals surface area (Å²) < 4.78 is 9.94. The molecule has 1 aromatic heterocycles. The van der Waals surface area contributed by atoms with Crippen LogP contribution in [0.2, 0.25) is 0 Å². The standard InChI is InChI=1S/C9H16N2O2/c1-9(2,3)5-8-10-7(6-12-4)11-13-8/h5-6H2,1-4H3. The first kappa shape index (κ1) is 10.2. The monoisotopic (exact) mass is 184 g/mol. The fourth-order valence-corrected chi connectivity index (χ4v) is 1.00. The first-order valence-electron chi connectivity index (χ1n) is 4.32. The van der Waals surface area contributed by atoms with Crippen molar-refractivity contribution in [3.05, 3.63) is 11.7 Å². The molecule has 74 valence electrons. The molecule has 0 spiro atoms. The highest BCUT2D eigenvalue weighted by atomic mass is 16.5. The Morgan fingerprint density at radius 1 is 1.38 bits per heavy atom. The van der Waals surface area contributed by atoms with Crippen LogP contribution in [-0.2, 0) is 17.8 Å². The van der Waals surface area contributed by atoms with Gasteiger partial charge in [0.15, 0.2) is 5.82 Å². The number of rotatable bonds is 3. The fraction of sp³-hybridized carbons (Fsp3) is 0.778. The summed E-state index contributed by atoms with van der Waals surface area (Å²) in [5.41, 5.74) is 0.177. The zero-order valence-corrected chi connectivity index (χ0v) is 8.63. The third-order valence-corrected chi connectivity index (χ3v) is 1.47. The van der Waals surface area contributed by atoms with Gasteiger partial charge >= 0.3 is 0 Å². The van der Waals surface area contributed by atoms with Gasteiger partial charge in [-0.1, -0.05) is 25.9 Å². The molecule has 0 atom stereocenters. The van der Waals surface area contributed by atoms with Gasteiger partial charge in [0, 0.05) is 13.5 Å². The summed E-state index contributed by atoms with van der Waals surface area (Å²) in [4.78, 5) is 4.18. The third-order valence-electron chi connectivity index (χ3n) is 1.47. The molecule has 0 aliphatic rings. The summed E-state index contributed by atoms with van der Waals surface area (Å²) in [6, 6.07) is 0. The van der Waals surface area contributed by atoms with Gasteiger partial charge in [-0.3, -0.25) is 0 Å². The molecule has 1 aromatic rings. The van der Waals surface area contributed by atoms with E-state index in [0.717, 1.165) is 6.42 Å². The summed E-state index contributed by atoms with van der Waals surface area (Å²) in [6.07, 6.45) is 0.795. The summed E-state index contributed by atoms with van der Waals surface area (Å²) in [7, 11) is 1.61. The van der Waals surface area contributed by atoms with Crippen molar-refractivity contribution in [2.24, 2.45) is 5.41 Å². The smallest absolute Gasteiger partial charge is 0.227 e. The van der Waals surface area contributed by atoms with Crippen molar-refractivity contribution in [2.75, 3.05) is 7.11 Å². The van der Waals surface area contributed by atoms with Gasteiger partial charge < -0.3 is 9.26 Å². The van der Waals surface area contributed by atoms with Gasteiger partial charge in [-0.05, 0) is 5.41 Å². The largest absolute Gasteiger partial charge is 0.377 e. The molecule has 1 rings (SSSR count). The molecular weight excluding hydrogens is 168 g/mol. The normalized spacial score (nSPS) is 12.0. The third kappa shape index (κ3) is 3.55. The van der Waals surface area contributed by atoms with Gasteiger partial charge in [0.05, 0.1) is 0 Å². The van der Waals surface area contributed by atoms with Crippen LogP contribution in [0, 0.1) is 5.41 Å². The maximum atomic E-state index is 5.05. The minimum Gasteiger partial charge on any atom is -0.377 e. The molecule has 0 saturated heterocycles. The summed E-state index contributed by atoms with van der Waals surface area (Å²) in [6.45, 7) is 6.81. The minimum atomic E-state index is 0.177. The molecule has 0 saturated carbocycles. The van der Waals surface area contributed by atoms with Gasteiger partial charge in [0.1, 0.15) is 6.61 Å². The predicted octanol–water partition coefficient (Wildman–Crippen LogP) is 1.80. The van der Waals surface area contributed by atoms with Crippen molar-refractivity contribution in [1.82, 2.24) is 10.1 Å². The SMILES string of the molecule is COCc1noc(CC(C)(C)C)n1. The molecule has 4 heteroatoms. The Hall–Kier alpha value is -0.900. The second-order valence-electron chi connectivity index (χ2n) is 4.27. The molecule has 0 unspecified atom stereocenters. The first-order chi connectivity index (χ1) is 6.01. The molecule has 0 aliphatic carbocycles. The average molecular weight is 184 g/mol. The van der Waals surface area contributed by atoms with E-state index in [2.05, 4.69) is 30.9 Å².